The number of amides is 2. The fraction of sp³-hybridized carbons (Fsp3) is 0.529. The summed E-state index contributed by atoms with van der Waals surface area (Å²) in [5.41, 5.74) is 0.301. The van der Waals surface area contributed by atoms with Crippen molar-refractivity contribution >= 4 is 35.0 Å². The van der Waals surface area contributed by atoms with Crippen molar-refractivity contribution in [1.82, 2.24) is 10.2 Å². The zero-order chi connectivity index (χ0) is 17.9. The zero-order valence-corrected chi connectivity index (χ0v) is 15.5. The predicted molar refractivity (Wildman–Crippen MR) is 94.5 cm³/mol. The number of benzene rings is 1. The topological polar surface area (TPSA) is 58.6 Å². The van der Waals surface area contributed by atoms with Crippen LogP contribution in [0, 0.1) is 5.92 Å². The number of hydrogen-bond acceptors (Lipinski definition) is 3. The highest BCUT2D eigenvalue weighted by atomic mass is 35.5. The molecular weight excluding hydrogens is 351 g/mol. The maximum absolute atomic E-state index is 12.8. The first-order valence-corrected chi connectivity index (χ1v) is 8.71. The molecule has 0 unspecified atom stereocenters. The molecule has 5 nitrogen and oxygen atoms in total. The van der Waals surface area contributed by atoms with Crippen LogP contribution in [-0.4, -0.2) is 48.6 Å². The Morgan fingerprint density at radius 1 is 1.33 bits per heavy atom. The second kappa shape index (κ2) is 8.19. The number of rotatable bonds is 4. The highest BCUT2D eigenvalue weighted by molar-refractivity contribution is 6.36. The molecule has 1 N–H and O–H groups in total. The molecule has 2 atom stereocenters. The summed E-state index contributed by atoms with van der Waals surface area (Å²) in [5, 5.41) is 3.52. The van der Waals surface area contributed by atoms with E-state index in [0.29, 0.717) is 30.3 Å². The molecule has 7 heteroatoms. The minimum Gasteiger partial charge on any atom is -0.375 e. The molecule has 1 aromatic rings. The molecule has 1 aliphatic heterocycles. The molecule has 0 aliphatic carbocycles. The van der Waals surface area contributed by atoms with Crippen LogP contribution in [0.15, 0.2) is 18.2 Å². The minimum atomic E-state index is -0.616. The Bertz CT molecular complexity index is 622. The lowest BCUT2D eigenvalue weighted by Gasteiger charge is -2.35. The largest absolute Gasteiger partial charge is 0.375 e. The molecule has 1 aromatic carbocycles. The van der Waals surface area contributed by atoms with Crippen molar-refractivity contribution in [2.75, 3.05) is 19.7 Å². The van der Waals surface area contributed by atoms with E-state index in [2.05, 4.69) is 5.32 Å². The van der Waals surface area contributed by atoms with Crippen LogP contribution in [0.4, 0.5) is 0 Å². The standard InChI is InChI=1S/C17H22Cl2N2O3/c1-10(2)15(17(23)21-6-7-24-11(3)9-21)20-16(22)13-5-4-12(18)8-14(13)19/h4-5,8,10-11,15H,6-7,9H2,1-3H3,(H,20,22)/t11-,15-/m0/s1. The summed E-state index contributed by atoms with van der Waals surface area (Å²) in [4.78, 5) is 27.0. The van der Waals surface area contributed by atoms with E-state index in [4.69, 9.17) is 27.9 Å². The maximum atomic E-state index is 12.8. The van der Waals surface area contributed by atoms with Crippen LogP contribution >= 0.6 is 23.2 Å². The van der Waals surface area contributed by atoms with E-state index in [9.17, 15) is 9.59 Å². The molecule has 2 rings (SSSR count). The van der Waals surface area contributed by atoms with Gasteiger partial charge in [-0.25, -0.2) is 0 Å². The van der Waals surface area contributed by atoms with E-state index in [0.717, 1.165) is 0 Å². The first kappa shape index (κ1) is 19.0. The first-order valence-electron chi connectivity index (χ1n) is 7.96. The first-order chi connectivity index (χ1) is 11.3. The van der Waals surface area contributed by atoms with Gasteiger partial charge in [-0.05, 0) is 31.0 Å². The SMILES string of the molecule is CC(C)[C@H](NC(=O)c1ccc(Cl)cc1Cl)C(=O)N1CCO[C@@H](C)C1. The van der Waals surface area contributed by atoms with Gasteiger partial charge in [0.05, 0.1) is 23.3 Å². The third kappa shape index (κ3) is 4.62. The lowest BCUT2D eigenvalue weighted by atomic mass is 10.0. The van der Waals surface area contributed by atoms with Gasteiger partial charge in [-0.3, -0.25) is 9.59 Å². The molecule has 2 amide bonds. The molecule has 0 radical (unpaired) electrons. The predicted octanol–water partition coefficient (Wildman–Crippen LogP) is 3.00. The Hall–Kier alpha value is -1.30. The number of morpholine rings is 1. The van der Waals surface area contributed by atoms with E-state index in [-0.39, 0.29) is 28.9 Å². The Kier molecular flexibility index (Phi) is 6.49. The summed E-state index contributed by atoms with van der Waals surface area (Å²) in [7, 11) is 0. The van der Waals surface area contributed by atoms with Crippen LogP contribution in [-0.2, 0) is 9.53 Å². The van der Waals surface area contributed by atoms with Crippen molar-refractivity contribution in [2.24, 2.45) is 5.92 Å². The second-order valence-electron chi connectivity index (χ2n) is 6.28. The third-order valence-corrected chi connectivity index (χ3v) is 4.50. The highest BCUT2D eigenvalue weighted by Crippen LogP contribution is 2.21. The molecule has 1 aliphatic rings. The molecule has 1 heterocycles. The number of nitrogens with one attached hydrogen (secondary N) is 1. The zero-order valence-electron chi connectivity index (χ0n) is 14.0. The van der Waals surface area contributed by atoms with Gasteiger partial charge in [0, 0.05) is 18.1 Å². The van der Waals surface area contributed by atoms with Crippen LogP contribution in [0.5, 0.6) is 0 Å². The number of carbonyl (C=O) groups is 2. The van der Waals surface area contributed by atoms with Crippen molar-refractivity contribution in [1.29, 1.82) is 0 Å². The molecule has 0 aromatic heterocycles. The van der Waals surface area contributed by atoms with E-state index >= 15 is 0 Å². The molecule has 0 saturated carbocycles. The lowest BCUT2D eigenvalue weighted by molar-refractivity contribution is -0.141. The summed E-state index contributed by atoms with van der Waals surface area (Å²) in [6, 6.07) is 4.04. The molecular formula is C17H22Cl2N2O3. The quantitative estimate of drug-likeness (QED) is 0.883. The molecule has 1 saturated heterocycles. The van der Waals surface area contributed by atoms with Gasteiger partial charge >= 0.3 is 0 Å². The smallest absolute Gasteiger partial charge is 0.253 e. The van der Waals surface area contributed by atoms with Gasteiger partial charge in [0.2, 0.25) is 5.91 Å². The summed E-state index contributed by atoms with van der Waals surface area (Å²) in [6.45, 7) is 7.29. The van der Waals surface area contributed by atoms with Crippen molar-refractivity contribution in [2.45, 2.75) is 32.9 Å². The fourth-order valence-electron chi connectivity index (χ4n) is 2.62. The Morgan fingerprint density at radius 3 is 2.62 bits per heavy atom. The average Bonchev–Trinajstić information content (AvgIpc) is 2.51. The summed E-state index contributed by atoms with van der Waals surface area (Å²) < 4.78 is 5.46. The van der Waals surface area contributed by atoms with Crippen LogP contribution < -0.4 is 5.32 Å². The molecule has 1 fully saturated rings. The van der Waals surface area contributed by atoms with Crippen molar-refractivity contribution in [3.63, 3.8) is 0 Å². The average molecular weight is 373 g/mol. The molecule has 0 bridgehead atoms. The maximum Gasteiger partial charge on any atom is 0.253 e. The molecule has 132 valence electrons. The van der Waals surface area contributed by atoms with Crippen molar-refractivity contribution in [3.8, 4) is 0 Å². The Morgan fingerprint density at radius 2 is 2.04 bits per heavy atom. The summed E-state index contributed by atoms with van der Waals surface area (Å²) >= 11 is 11.9. The fourth-order valence-corrected chi connectivity index (χ4v) is 3.12. The Balaban J connectivity index is 2.12. The summed E-state index contributed by atoms with van der Waals surface area (Å²) in [5.74, 6) is -0.533. The number of halogens is 2. The van der Waals surface area contributed by atoms with E-state index < -0.39 is 6.04 Å². The third-order valence-electron chi connectivity index (χ3n) is 3.95. The number of nitrogens with zero attached hydrogens (tertiary/aromatic N) is 1. The number of carbonyl (C=O) groups excluding carboxylic acids is 2. The minimum absolute atomic E-state index is 0.00285. The van der Waals surface area contributed by atoms with Gasteiger partial charge in [-0.1, -0.05) is 37.0 Å². The normalized spacial score (nSPS) is 19.2. The van der Waals surface area contributed by atoms with Gasteiger partial charge in [0.1, 0.15) is 6.04 Å². The van der Waals surface area contributed by atoms with Crippen molar-refractivity contribution in [3.05, 3.63) is 33.8 Å². The Labute approximate surface area is 152 Å². The van der Waals surface area contributed by atoms with Crippen LogP contribution in [0.25, 0.3) is 0 Å². The second-order valence-corrected chi connectivity index (χ2v) is 7.13. The van der Waals surface area contributed by atoms with Gasteiger partial charge in [-0.2, -0.15) is 0 Å². The van der Waals surface area contributed by atoms with Crippen LogP contribution in [0.2, 0.25) is 10.0 Å². The van der Waals surface area contributed by atoms with Gasteiger partial charge in [-0.15, -0.1) is 0 Å². The number of ether oxygens (including phenoxy) is 1. The van der Waals surface area contributed by atoms with Gasteiger partial charge in [0.15, 0.2) is 0 Å². The van der Waals surface area contributed by atoms with Crippen LogP contribution in [0.1, 0.15) is 31.1 Å². The highest BCUT2D eigenvalue weighted by Gasteiger charge is 2.31. The lowest BCUT2D eigenvalue weighted by Crippen LogP contribution is -2.55. The van der Waals surface area contributed by atoms with E-state index in [1.165, 1.54) is 6.07 Å². The number of hydrogen-bond donors (Lipinski definition) is 1. The van der Waals surface area contributed by atoms with E-state index in [1.807, 2.05) is 20.8 Å². The van der Waals surface area contributed by atoms with Crippen LogP contribution in [0.3, 0.4) is 0 Å². The van der Waals surface area contributed by atoms with Gasteiger partial charge in [0.25, 0.3) is 5.91 Å². The molecule has 0 spiro atoms. The summed E-state index contributed by atoms with van der Waals surface area (Å²) in [6.07, 6.45) is -0.00285. The molecule has 24 heavy (non-hydrogen) atoms. The van der Waals surface area contributed by atoms with Gasteiger partial charge < -0.3 is 15.0 Å². The van der Waals surface area contributed by atoms with Crippen molar-refractivity contribution < 1.29 is 14.3 Å². The van der Waals surface area contributed by atoms with E-state index in [1.54, 1.807) is 17.0 Å². The monoisotopic (exact) mass is 372 g/mol.